The van der Waals surface area contributed by atoms with Gasteiger partial charge in [0.05, 0.1) is 4.90 Å². The molecule has 1 saturated heterocycles. The molecule has 0 aliphatic carbocycles. The second-order valence-electron chi connectivity index (χ2n) is 7.81. The molecule has 1 fully saturated rings. The maximum Gasteiger partial charge on any atom is 0.336 e. The standard InChI is InChI=1S/C23H22ClNO6S/c1-14-5-10-19-16(12-21(26)31-22(19)15(14)2)13-30-23(27)20-4-3-11-25(20)32(28,29)18-8-6-17(24)7-9-18/h5-10,12,20H,3-4,11,13H2,1-2H3. The van der Waals surface area contributed by atoms with Crippen molar-refractivity contribution < 1.29 is 22.4 Å². The van der Waals surface area contributed by atoms with Gasteiger partial charge in [0.25, 0.3) is 0 Å². The van der Waals surface area contributed by atoms with E-state index in [9.17, 15) is 18.0 Å². The van der Waals surface area contributed by atoms with Crippen molar-refractivity contribution in [2.45, 2.75) is 44.2 Å². The Bertz CT molecular complexity index is 1350. The van der Waals surface area contributed by atoms with E-state index in [1.165, 1.54) is 34.6 Å². The molecule has 168 valence electrons. The van der Waals surface area contributed by atoms with Gasteiger partial charge in [-0.05, 0) is 62.1 Å². The van der Waals surface area contributed by atoms with Crippen LogP contribution in [-0.4, -0.2) is 31.3 Å². The lowest BCUT2D eigenvalue weighted by Gasteiger charge is -2.23. The molecule has 1 aromatic heterocycles. The summed E-state index contributed by atoms with van der Waals surface area (Å²) >= 11 is 5.86. The van der Waals surface area contributed by atoms with Crippen LogP contribution in [0, 0.1) is 13.8 Å². The molecule has 2 heterocycles. The van der Waals surface area contributed by atoms with E-state index in [0.29, 0.717) is 34.4 Å². The van der Waals surface area contributed by atoms with Crippen LogP contribution in [0.3, 0.4) is 0 Å². The predicted molar refractivity (Wildman–Crippen MR) is 120 cm³/mol. The third kappa shape index (κ3) is 4.18. The number of hydrogen-bond acceptors (Lipinski definition) is 6. The lowest BCUT2D eigenvalue weighted by Crippen LogP contribution is -2.41. The predicted octanol–water partition coefficient (Wildman–Crippen LogP) is 3.96. The zero-order valence-electron chi connectivity index (χ0n) is 17.6. The average molecular weight is 476 g/mol. The van der Waals surface area contributed by atoms with Crippen molar-refractivity contribution in [2.75, 3.05) is 6.54 Å². The molecule has 9 heteroatoms. The van der Waals surface area contributed by atoms with Crippen LogP contribution in [0.4, 0.5) is 0 Å². The second-order valence-corrected chi connectivity index (χ2v) is 10.1. The number of aryl methyl sites for hydroxylation is 2. The van der Waals surface area contributed by atoms with Gasteiger partial charge in [-0.1, -0.05) is 23.7 Å². The molecule has 0 bridgehead atoms. The first-order chi connectivity index (χ1) is 15.2. The number of carbonyl (C=O) groups excluding carboxylic acids is 1. The summed E-state index contributed by atoms with van der Waals surface area (Å²) in [5.41, 5.74) is 2.24. The Kier molecular flexibility index (Phi) is 6.11. The zero-order chi connectivity index (χ0) is 23.0. The van der Waals surface area contributed by atoms with Crippen molar-refractivity contribution in [2.24, 2.45) is 0 Å². The fourth-order valence-corrected chi connectivity index (χ4v) is 5.67. The molecule has 1 unspecified atom stereocenters. The lowest BCUT2D eigenvalue weighted by atomic mass is 10.0. The molecule has 0 N–H and O–H groups in total. The highest BCUT2D eigenvalue weighted by atomic mass is 35.5. The van der Waals surface area contributed by atoms with Gasteiger partial charge in [-0.2, -0.15) is 4.31 Å². The highest BCUT2D eigenvalue weighted by Gasteiger charge is 2.40. The summed E-state index contributed by atoms with van der Waals surface area (Å²) in [6, 6.07) is 9.90. The fourth-order valence-electron chi connectivity index (χ4n) is 3.89. The van der Waals surface area contributed by atoms with Crippen molar-refractivity contribution in [3.63, 3.8) is 0 Å². The number of benzene rings is 2. The number of ether oxygens (including phenoxy) is 1. The number of nitrogens with zero attached hydrogens (tertiary/aromatic N) is 1. The first-order valence-electron chi connectivity index (χ1n) is 10.2. The van der Waals surface area contributed by atoms with Gasteiger partial charge in [0.2, 0.25) is 10.0 Å². The maximum atomic E-state index is 13.0. The van der Waals surface area contributed by atoms with Gasteiger partial charge in [-0.3, -0.25) is 4.79 Å². The number of sulfonamides is 1. The maximum absolute atomic E-state index is 13.0. The summed E-state index contributed by atoms with van der Waals surface area (Å²) in [6.45, 7) is 3.83. The molecule has 0 saturated carbocycles. The molecule has 0 spiro atoms. The minimum Gasteiger partial charge on any atom is -0.460 e. The van der Waals surface area contributed by atoms with Crippen LogP contribution < -0.4 is 5.63 Å². The topological polar surface area (TPSA) is 93.9 Å². The number of hydrogen-bond donors (Lipinski definition) is 0. The quantitative estimate of drug-likeness (QED) is 0.409. The molecular weight excluding hydrogens is 454 g/mol. The number of fused-ring (bicyclic) bond motifs is 1. The van der Waals surface area contributed by atoms with Crippen molar-refractivity contribution in [3.8, 4) is 0 Å². The summed E-state index contributed by atoms with van der Waals surface area (Å²) in [6.07, 6.45) is 0.907. The molecule has 1 aliphatic heterocycles. The van der Waals surface area contributed by atoms with E-state index in [-0.39, 0.29) is 18.0 Å². The Morgan fingerprint density at radius 2 is 1.91 bits per heavy atom. The molecule has 7 nitrogen and oxygen atoms in total. The fraction of sp³-hybridized carbons (Fsp3) is 0.304. The summed E-state index contributed by atoms with van der Waals surface area (Å²) < 4.78 is 38.1. The third-order valence-corrected chi connectivity index (χ3v) is 7.96. The van der Waals surface area contributed by atoms with Gasteiger partial charge >= 0.3 is 11.6 Å². The smallest absolute Gasteiger partial charge is 0.336 e. The molecule has 1 atom stereocenters. The van der Waals surface area contributed by atoms with E-state index in [2.05, 4.69) is 0 Å². The Labute approximate surface area is 190 Å². The second kappa shape index (κ2) is 8.69. The minimum absolute atomic E-state index is 0.0686. The van der Waals surface area contributed by atoms with Gasteiger partial charge < -0.3 is 9.15 Å². The molecule has 4 rings (SSSR count). The summed E-state index contributed by atoms with van der Waals surface area (Å²) in [5.74, 6) is -0.648. The zero-order valence-corrected chi connectivity index (χ0v) is 19.2. The van der Waals surface area contributed by atoms with E-state index >= 15 is 0 Å². The summed E-state index contributed by atoms with van der Waals surface area (Å²) in [5, 5.41) is 1.10. The number of halogens is 1. The van der Waals surface area contributed by atoms with Crippen LogP contribution in [0.2, 0.25) is 5.02 Å². The van der Waals surface area contributed by atoms with Crippen molar-refractivity contribution in [1.82, 2.24) is 4.31 Å². The molecule has 1 aliphatic rings. The first kappa shape index (κ1) is 22.5. The Morgan fingerprint density at radius 3 is 2.62 bits per heavy atom. The first-order valence-corrected chi connectivity index (χ1v) is 12.0. The van der Waals surface area contributed by atoms with E-state index in [4.69, 9.17) is 20.8 Å². The molecule has 0 amide bonds. The molecule has 2 aromatic carbocycles. The minimum atomic E-state index is -3.88. The largest absolute Gasteiger partial charge is 0.460 e. The highest BCUT2D eigenvalue weighted by Crippen LogP contribution is 2.28. The van der Waals surface area contributed by atoms with Gasteiger partial charge in [-0.15, -0.1) is 0 Å². The van der Waals surface area contributed by atoms with Gasteiger partial charge in [0.1, 0.15) is 18.2 Å². The lowest BCUT2D eigenvalue weighted by molar-refractivity contribution is -0.148. The number of esters is 1. The van der Waals surface area contributed by atoms with E-state index in [0.717, 1.165) is 11.1 Å². The SMILES string of the molecule is Cc1ccc2c(COC(=O)C3CCCN3S(=O)(=O)c3ccc(Cl)cc3)cc(=O)oc2c1C. The van der Waals surface area contributed by atoms with Crippen LogP contribution in [-0.2, 0) is 26.2 Å². The van der Waals surface area contributed by atoms with Gasteiger partial charge in [0.15, 0.2) is 0 Å². The average Bonchev–Trinajstić information content (AvgIpc) is 3.26. The van der Waals surface area contributed by atoms with Crippen molar-refractivity contribution in [1.29, 1.82) is 0 Å². The van der Waals surface area contributed by atoms with Crippen LogP contribution in [0.5, 0.6) is 0 Å². The van der Waals surface area contributed by atoms with Gasteiger partial charge in [-0.25, -0.2) is 13.2 Å². The number of rotatable bonds is 5. The number of carbonyl (C=O) groups is 1. The van der Waals surface area contributed by atoms with Crippen molar-refractivity contribution >= 4 is 38.6 Å². The Hall–Kier alpha value is -2.68. The van der Waals surface area contributed by atoms with E-state index < -0.39 is 27.7 Å². The summed E-state index contributed by atoms with van der Waals surface area (Å²) in [4.78, 5) is 24.9. The van der Waals surface area contributed by atoms with Crippen LogP contribution in [0.1, 0.15) is 29.5 Å². The molecule has 0 radical (unpaired) electrons. The van der Waals surface area contributed by atoms with Gasteiger partial charge in [0, 0.05) is 28.6 Å². The van der Waals surface area contributed by atoms with E-state index in [1.54, 1.807) is 0 Å². The molecule has 3 aromatic rings. The monoisotopic (exact) mass is 475 g/mol. The molecule has 32 heavy (non-hydrogen) atoms. The van der Waals surface area contributed by atoms with Crippen LogP contribution in [0.25, 0.3) is 11.0 Å². The summed E-state index contributed by atoms with van der Waals surface area (Å²) in [7, 11) is -3.88. The Balaban J connectivity index is 1.56. The molecular formula is C23H22ClNO6S. The third-order valence-electron chi connectivity index (χ3n) is 5.78. The van der Waals surface area contributed by atoms with E-state index in [1.807, 2.05) is 26.0 Å². The van der Waals surface area contributed by atoms with Crippen LogP contribution >= 0.6 is 11.6 Å². The van der Waals surface area contributed by atoms with Crippen LogP contribution in [0.15, 0.2) is 56.6 Å². The Morgan fingerprint density at radius 1 is 1.19 bits per heavy atom. The normalized spacial score (nSPS) is 17.0. The van der Waals surface area contributed by atoms with Crippen molar-refractivity contribution in [3.05, 3.63) is 74.6 Å². The highest BCUT2D eigenvalue weighted by molar-refractivity contribution is 7.89.